The smallest absolute Gasteiger partial charge is 0.407 e. The van der Waals surface area contributed by atoms with Crippen LogP contribution in [0.1, 0.15) is 67.2 Å². The summed E-state index contributed by atoms with van der Waals surface area (Å²) in [5.74, 6) is -0.991. The zero-order valence-corrected chi connectivity index (χ0v) is 19.5. The van der Waals surface area contributed by atoms with Crippen molar-refractivity contribution in [1.82, 2.24) is 16.0 Å². The third-order valence-electron chi connectivity index (χ3n) is 3.71. The Morgan fingerprint density at radius 1 is 0.871 bits per heavy atom. The summed E-state index contributed by atoms with van der Waals surface area (Å²) in [6, 6.07) is -1.32. The fourth-order valence-electron chi connectivity index (χ4n) is 2.31. The van der Waals surface area contributed by atoms with E-state index >= 15 is 0 Å². The molecule has 0 saturated carbocycles. The Kier molecular flexibility index (Phi) is 11.9. The zero-order chi connectivity index (χ0) is 24.2. The molecule has 0 aromatic carbocycles. The summed E-state index contributed by atoms with van der Waals surface area (Å²) in [4.78, 5) is 46.8. The number of hydrogen-bond donors (Lipinski definition) is 5. The van der Waals surface area contributed by atoms with Crippen molar-refractivity contribution in [3.63, 3.8) is 0 Å². The van der Waals surface area contributed by atoms with Crippen LogP contribution in [0.2, 0.25) is 0 Å². The Bertz CT molecular complexity index is 612. The lowest BCUT2D eigenvalue weighted by Gasteiger charge is -2.24. The summed E-state index contributed by atoms with van der Waals surface area (Å²) in [7, 11) is 0. The molecule has 0 radical (unpaired) electrons. The number of carbonyl (C=O) groups is 4. The first kappa shape index (κ1) is 28.4. The Hall–Kier alpha value is -2.56. The van der Waals surface area contributed by atoms with Gasteiger partial charge in [0.1, 0.15) is 11.2 Å². The molecule has 11 heteroatoms. The highest BCUT2D eigenvalue weighted by Crippen LogP contribution is 2.08. The van der Waals surface area contributed by atoms with E-state index in [1.165, 1.54) is 0 Å². The van der Waals surface area contributed by atoms with Crippen molar-refractivity contribution in [3.8, 4) is 0 Å². The number of rotatable bonds is 11. The fourth-order valence-corrected chi connectivity index (χ4v) is 2.31. The van der Waals surface area contributed by atoms with Gasteiger partial charge >= 0.3 is 12.2 Å². The maximum atomic E-state index is 12.1. The molecule has 7 N–H and O–H groups in total. The van der Waals surface area contributed by atoms with E-state index in [-0.39, 0.29) is 25.3 Å². The molecular weight excluding hydrogens is 406 g/mol. The summed E-state index contributed by atoms with van der Waals surface area (Å²) in [6.07, 6.45) is 0.0261. The van der Waals surface area contributed by atoms with E-state index in [9.17, 15) is 19.2 Å². The van der Waals surface area contributed by atoms with Crippen LogP contribution in [0.5, 0.6) is 0 Å². The van der Waals surface area contributed by atoms with Crippen LogP contribution in [0.3, 0.4) is 0 Å². The summed E-state index contributed by atoms with van der Waals surface area (Å²) < 4.78 is 10.4. The van der Waals surface area contributed by atoms with Gasteiger partial charge in [0, 0.05) is 25.6 Å². The molecule has 0 heterocycles. The number of ether oxygens (including phenoxy) is 2. The van der Waals surface area contributed by atoms with Gasteiger partial charge < -0.3 is 36.9 Å². The maximum absolute atomic E-state index is 12.1. The van der Waals surface area contributed by atoms with Gasteiger partial charge in [-0.25, -0.2) is 9.59 Å². The Balaban J connectivity index is 4.61. The standard InChI is InChI=1S/C20H39N5O6/c1-19(2,3)30-17(28)23-11-7-8-13(25-18(29)31-20(4,5)6)12-24-15(26)10-9-14(21)16(22)27/h13-14H,7-12,21H2,1-6H3,(H2,22,27)(H,23,28)(H,24,26)(H,25,29)/t13-,14-/m0/s1. The molecule has 0 aliphatic rings. The fraction of sp³-hybridized carbons (Fsp3) is 0.800. The van der Waals surface area contributed by atoms with Crippen LogP contribution < -0.4 is 27.4 Å². The highest BCUT2D eigenvalue weighted by molar-refractivity contribution is 5.81. The first-order chi connectivity index (χ1) is 14.1. The molecule has 0 bridgehead atoms. The van der Waals surface area contributed by atoms with E-state index in [0.717, 1.165) is 0 Å². The average molecular weight is 446 g/mol. The van der Waals surface area contributed by atoms with Gasteiger partial charge in [0.25, 0.3) is 0 Å². The quantitative estimate of drug-likeness (QED) is 0.293. The molecule has 11 nitrogen and oxygen atoms in total. The monoisotopic (exact) mass is 445 g/mol. The maximum Gasteiger partial charge on any atom is 0.407 e. The van der Waals surface area contributed by atoms with Crippen molar-refractivity contribution < 1.29 is 28.7 Å². The van der Waals surface area contributed by atoms with Crippen LogP contribution in [0.4, 0.5) is 9.59 Å². The van der Waals surface area contributed by atoms with Gasteiger partial charge in [-0.2, -0.15) is 0 Å². The van der Waals surface area contributed by atoms with Gasteiger partial charge in [-0.15, -0.1) is 0 Å². The van der Waals surface area contributed by atoms with Crippen molar-refractivity contribution in [3.05, 3.63) is 0 Å². The van der Waals surface area contributed by atoms with Gasteiger partial charge in [-0.05, 0) is 60.8 Å². The van der Waals surface area contributed by atoms with Crippen molar-refractivity contribution >= 4 is 24.0 Å². The highest BCUT2D eigenvalue weighted by atomic mass is 16.6. The van der Waals surface area contributed by atoms with Crippen LogP contribution in [0, 0.1) is 0 Å². The molecule has 180 valence electrons. The van der Waals surface area contributed by atoms with Crippen LogP contribution in [-0.4, -0.2) is 60.4 Å². The highest BCUT2D eigenvalue weighted by Gasteiger charge is 2.21. The number of nitrogens with two attached hydrogens (primary N) is 2. The molecule has 4 amide bonds. The number of amides is 4. The third kappa shape index (κ3) is 16.9. The zero-order valence-electron chi connectivity index (χ0n) is 19.5. The third-order valence-corrected chi connectivity index (χ3v) is 3.71. The minimum atomic E-state index is -0.889. The Morgan fingerprint density at radius 3 is 1.94 bits per heavy atom. The molecule has 0 spiro atoms. The van der Waals surface area contributed by atoms with Crippen LogP contribution in [-0.2, 0) is 19.1 Å². The molecule has 0 aliphatic heterocycles. The van der Waals surface area contributed by atoms with Gasteiger partial charge in [0.2, 0.25) is 11.8 Å². The number of alkyl carbamates (subject to hydrolysis) is 2. The minimum absolute atomic E-state index is 0.0312. The number of hydrogen-bond acceptors (Lipinski definition) is 7. The van der Waals surface area contributed by atoms with E-state index < -0.39 is 41.4 Å². The molecule has 0 rings (SSSR count). The van der Waals surface area contributed by atoms with Gasteiger partial charge in [0.05, 0.1) is 6.04 Å². The second-order valence-corrected chi connectivity index (χ2v) is 9.27. The molecule has 0 aromatic heterocycles. The van der Waals surface area contributed by atoms with Crippen molar-refractivity contribution in [1.29, 1.82) is 0 Å². The lowest BCUT2D eigenvalue weighted by molar-refractivity contribution is -0.122. The van der Waals surface area contributed by atoms with Crippen molar-refractivity contribution in [2.45, 2.75) is 90.5 Å². The number of nitrogens with one attached hydrogen (secondary N) is 3. The van der Waals surface area contributed by atoms with E-state index in [2.05, 4.69) is 16.0 Å². The predicted octanol–water partition coefficient (Wildman–Crippen LogP) is 0.894. The average Bonchev–Trinajstić information content (AvgIpc) is 2.57. The summed E-state index contributed by atoms with van der Waals surface area (Å²) >= 11 is 0. The molecule has 0 fully saturated rings. The number of carbonyl (C=O) groups excluding carboxylic acids is 4. The van der Waals surface area contributed by atoms with Crippen molar-refractivity contribution in [2.24, 2.45) is 11.5 Å². The minimum Gasteiger partial charge on any atom is -0.444 e. The largest absolute Gasteiger partial charge is 0.444 e. The Labute approximate surface area is 184 Å². The molecular formula is C20H39N5O6. The van der Waals surface area contributed by atoms with Gasteiger partial charge in [-0.1, -0.05) is 0 Å². The number of primary amides is 1. The van der Waals surface area contributed by atoms with E-state index in [0.29, 0.717) is 19.4 Å². The van der Waals surface area contributed by atoms with E-state index in [1.54, 1.807) is 41.5 Å². The second kappa shape index (κ2) is 13.0. The SMILES string of the molecule is CC(C)(C)OC(=O)NCCC[C@@H](CNC(=O)CC[C@H](N)C(N)=O)NC(=O)OC(C)(C)C. The van der Waals surface area contributed by atoms with E-state index in [4.69, 9.17) is 20.9 Å². The molecule has 2 atom stereocenters. The molecule has 31 heavy (non-hydrogen) atoms. The lowest BCUT2D eigenvalue weighted by Crippen LogP contribution is -2.46. The molecule has 0 saturated heterocycles. The summed E-state index contributed by atoms with van der Waals surface area (Å²) in [6.45, 7) is 11.0. The molecule has 0 unspecified atom stereocenters. The summed E-state index contributed by atoms with van der Waals surface area (Å²) in [5.41, 5.74) is 9.34. The topological polar surface area (TPSA) is 175 Å². The Morgan fingerprint density at radius 2 is 1.42 bits per heavy atom. The molecule has 0 aliphatic carbocycles. The van der Waals surface area contributed by atoms with Crippen LogP contribution >= 0.6 is 0 Å². The first-order valence-electron chi connectivity index (χ1n) is 10.4. The van der Waals surface area contributed by atoms with Gasteiger partial charge in [-0.3, -0.25) is 9.59 Å². The van der Waals surface area contributed by atoms with Crippen LogP contribution in [0.25, 0.3) is 0 Å². The van der Waals surface area contributed by atoms with Crippen molar-refractivity contribution in [2.75, 3.05) is 13.1 Å². The summed E-state index contributed by atoms with van der Waals surface area (Å²) in [5, 5.41) is 8.06. The first-order valence-corrected chi connectivity index (χ1v) is 10.4. The molecule has 0 aromatic rings. The van der Waals surface area contributed by atoms with E-state index in [1.807, 2.05) is 0 Å². The van der Waals surface area contributed by atoms with Gasteiger partial charge in [0.15, 0.2) is 0 Å². The second-order valence-electron chi connectivity index (χ2n) is 9.27. The lowest BCUT2D eigenvalue weighted by atomic mass is 10.1. The normalized spacial score (nSPS) is 13.5. The van der Waals surface area contributed by atoms with Crippen LogP contribution in [0.15, 0.2) is 0 Å². The predicted molar refractivity (Wildman–Crippen MR) is 116 cm³/mol.